The molecular weight excluding hydrogens is 381 g/mol. The first kappa shape index (κ1) is 20.5. The smallest absolute Gasteiger partial charge is 0.296 e. The zero-order valence-corrected chi connectivity index (χ0v) is 16.0. The molecule has 0 atom stereocenters. The second-order valence-corrected chi connectivity index (χ2v) is 6.89. The second-order valence-electron chi connectivity index (χ2n) is 6.89. The van der Waals surface area contributed by atoms with Crippen LogP contribution in [-0.4, -0.2) is 38.9 Å². The maximum atomic E-state index is 13.5. The molecule has 3 N–H and O–H groups in total. The van der Waals surface area contributed by atoms with Crippen molar-refractivity contribution in [1.29, 1.82) is 0 Å². The van der Waals surface area contributed by atoms with Crippen LogP contribution in [0.25, 0.3) is 0 Å². The molecule has 8 nitrogen and oxygen atoms in total. The number of rotatable bonds is 3. The predicted molar refractivity (Wildman–Crippen MR) is 101 cm³/mol. The Morgan fingerprint density at radius 2 is 2.21 bits per heavy atom. The Hall–Kier alpha value is -3.22. The molecule has 0 unspecified atom stereocenters. The van der Waals surface area contributed by atoms with Gasteiger partial charge in [0.05, 0.1) is 13.2 Å². The number of nitrogens with zero attached hydrogens (tertiary/aromatic N) is 2. The summed E-state index contributed by atoms with van der Waals surface area (Å²) < 4.78 is 20.4. The van der Waals surface area contributed by atoms with Gasteiger partial charge in [0.2, 0.25) is 5.75 Å². The van der Waals surface area contributed by atoms with E-state index in [0.29, 0.717) is 11.1 Å². The van der Waals surface area contributed by atoms with Crippen molar-refractivity contribution in [3.63, 3.8) is 0 Å². The second kappa shape index (κ2) is 8.03. The minimum Gasteiger partial charge on any atom is -0.501 e. The fraction of sp³-hybridized carbons (Fsp3) is 0.350. The lowest BCUT2D eigenvalue weighted by Gasteiger charge is -2.32. The van der Waals surface area contributed by atoms with Crippen LogP contribution < -0.4 is 10.9 Å². The largest absolute Gasteiger partial charge is 0.501 e. The zero-order valence-electron chi connectivity index (χ0n) is 16.0. The number of benzene rings is 1. The molecule has 0 fully saturated rings. The van der Waals surface area contributed by atoms with E-state index in [0.717, 1.165) is 0 Å². The van der Waals surface area contributed by atoms with Crippen molar-refractivity contribution in [2.45, 2.75) is 32.5 Å². The number of aliphatic hydroxyl groups is 1. The van der Waals surface area contributed by atoms with Crippen LogP contribution in [0.1, 0.15) is 41.3 Å². The SMILES string of the molecule is CC1(C)OCCn2c1nc(C(=O)NCc1ccc(F)cc1C#CCO)c(O)c2=O. The van der Waals surface area contributed by atoms with Crippen molar-refractivity contribution in [2.75, 3.05) is 13.2 Å². The van der Waals surface area contributed by atoms with Gasteiger partial charge in [0.25, 0.3) is 11.5 Å². The molecule has 2 heterocycles. The molecule has 1 aliphatic rings. The molecule has 1 aromatic heterocycles. The molecule has 9 heteroatoms. The van der Waals surface area contributed by atoms with Crippen LogP contribution >= 0.6 is 0 Å². The highest BCUT2D eigenvalue weighted by atomic mass is 19.1. The first-order chi connectivity index (χ1) is 13.7. The summed E-state index contributed by atoms with van der Waals surface area (Å²) in [5, 5.41) is 21.6. The molecule has 1 aliphatic heterocycles. The van der Waals surface area contributed by atoms with Crippen LogP contribution in [0.2, 0.25) is 0 Å². The van der Waals surface area contributed by atoms with E-state index in [-0.39, 0.29) is 25.5 Å². The third-order valence-electron chi connectivity index (χ3n) is 4.49. The summed E-state index contributed by atoms with van der Waals surface area (Å²) in [5.74, 6) is 3.26. The number of aromatic hydroxyl groups is 1. The van der Waals surface area contributed by atoms with Gasteiger partial charge in [-0.3, -0.25) is 14.2 Å². The number of ether oxygens (including phenoxy) is 1. The molecule has 1 amide bonds. The van der Waals surface area contributed by atoms with E-state index in [1.54, 1.807) is 13.8 Å². The summed E-state index contributed by atoms with van der Waals surface area (Å²) in [6.07, 6.45) is 0. The van der Waals surface area contributed by atoms with Gasteiger partial charge in [-0.2, -0.15) is 0 Å². The van der Waals surface area contributed by atoms with Crippen molar-refractivity contribution < 1.29 is 24.1 Å². The molecule has 0 saturated heterocycles. The molecule has 0 saturated carbocycles. The Kier molecular flexibility index (Phi) is 5.68. The van der Waals surface area contributed by atoms with Crippen molar-refractivity contribution in [3.8, 4) is 17.6 Å². The van der Waals surface area contributed by atoms with E-state index in [1.165, 1.54) is 22.8 Å². The normalized spacial score (nSPS) is 14.5. The van der Waals surface area contributed by atoms with Crippen LogP contribution in [-0.2, 0) is 23.4 Å². The Bertz CT molecular complexity index is 1080. The average molecular weight is 401 g/mol. The number of nitrogens with one attached hydrogen (secondary N) is 1. The van der Waals surface area contributed by atoms with Gasteiger partial charge >= 0.3 is 0 Å². The number of aromatic nitrogens is 2. The fourth-order valence-corrected chi connectivity index (χ4v) is 3.04. The van der Waals surface area contributed by atoms with Gasteiger partial charge in [-0.15, -0.1) is 0 Å². The minimum absolute atomic E-state index is 0.0476. The summed E-state index contributed by atoms with van der Waals surface area (Å²) in [6, 6.07) is 3.85. The number of hydrogen-bond acceptors (Lipinski definition) is 6. The molecule has 3 rings (SSSR count). The summed E-state index contributed by atoms with van der Waals surface area (Å²) in [7, 11) is 0. The maximum absolute atomic E-state index is 13.5. The first-order valence-corrected chi connectivity index (χ1v) is 8.89. The van der Waals surface area contributed by atoms with Crippen molar-refractivity contribution in [3.05, 3.63) is 57.0 Å². The van der Waals surface area contributed by atoms with E-state index < -0.39 is 40.9 Å². The predicted octanol–water partition coefficient (Wildman–Crippen LogP) is 0.627. The topological polar surface area (TPSA) is 114 Å². The van der Waals surface area contributed by atoms with E-state index >= 15 is 0 Å². The van der Waals surface area contributed by atoms with E-state index in [2.05, 4.69) is 22.1 Å². The van der Waals surface area contributed by atoms with Crippen LogP contribution in [0.3, 0.4) is 0 Å². The zero-order chi connectivity index (χ0) is 21.2. The highest BCUT2D eigenvalue weighted by molar-refractivity contribution is 5.94. The molecule has 0 bridgehead atoms. The quantitative estimate of drug-likeness (QED) is 0.650. The number of carbonyl (C=O) groups is 1. The Labute approximate surface area is 166 Å². The number of amides is 1. The Morgan fingerprint density at radius 3 is 2.93 bits per heavy atom. The van der Waals surface area contributed by atoms with E-state index in [1.807, 2.05) is 0 Å². The summed E-state index contributed by atoms with van der Waals surface area (Å²) in [6.45, 7) is 3.50. The Balaban J connectivity index is 1.90. The van der Waals surface area contributed by atoms with Gasteiger partial charge in [-0.1, -0.05) is 17.9 Å². The Morgan fingerprint density at radius 1 is 1.45 bits per heavy atom. The number of hydrogen-bond donors (Lipinski definition) is 3. The molecular formula is C20H20FN3O5. The molecule has 1 aromatic carbocycles. The van der Waals surface area contributed by atoms with Crippen molar-refractivity contribution in [2.24, 2.45) is 0 Å². The third-order valence-corrected chi connectivity index (χ3v) is 4.49. The fourth-order valence-electron chi connectivity index (χ4n) is 3.04. The minimum atomic E-state index is -0.899. The molecule has 0 radical (unpaired) electrons. The van der Waals surface area contributed by atoms with Crippen LogP contribution in [0.15, 0.2) is 23.0 Å². The highest BCUT2D eigenvalue weighted by Gasteiger charge is 2.34. The average Bonchev–Trinajstić information content (AvgIpc) is 2.68. The molecule has 2 aromatic rings. The molecule has 152 valence electrons. The van der Waals surface area contributed by atoms with Gasteiger partial charge in [-0.05, 0) is 31.5 Å². The third kappa shape index (κ3) is 4.13. The van der Waals surface area contributed by atoms with Gasteiger partial charge in [0.15, 0.2) is 5.69 Å². The molecule has 0 aliphatic carbocycles. The molecule has 29 heavy (non-hydrogen) atoms. The standard InChI is InChI=1S/C20H20FN3O5/c1-20(2)19-23-15(16(26)18(28)24(19)7-9-29-20)17(27)22-11-13-5-6-14(21)10-12(13)4-3-8-25/h5-6,10,25-26H,7-9,11H2,1-2H3,(H,22,27). The van der Waals surface area contributed by atoms with E-state index in [9.17, 15) is 19.1 Å². The van der Waals surface area contributed by atoms with Gasteiger partial charge in [-0.25, -0.2) is 9.37 Å². The maximum Gasteiger partial charge on any atom is 0.296 e. The van der Waals surface area contributed by atoms with Crippen molar-refractivity contribution in [1.82, 2.24) is 14.9 Å². The lowest BCUT2D eigenvalue weighted by Crippen LogP contribution is -2.42. The van der Waals surface area contributed by atoms with Crippen LogP contribution in [0, 0.1) is 17.7 Å². The number of carbonyl (C=O) groups excluding carboxylic acids is 1. The van der Waals surface area contributed by atoms with Crippen LogP contribution in [0.4, 0.5) is 4.39 Å². The van der Waals surface area contributed by atoms with E-state index in [4.69, 9.17) is 9.84 Å². The highest BCUT2D eigenvalue weighted by Crippen LogP contribution is 2.27. The van der Waals surface area contributed by atoms with Gasteiger partial charge in [0.1, 0.15) is 23.8 Å². The number of fused-ring (bicyclic) bond motifs is 1. The lowest BCUT2D eigenvalue weighted by atomic mass is 10.1. The lowest BCUT2D eigenvalue weighted by molar-refractivity contribution is -0.0566. The van der Waals surface area contributed by atoms with Crippen LogP contribution in [0.5, 0.6) is 5.75 Å². The monoisotopic (exact) mass is 401 g/mol. The number of aliphatic hydroxyl groups excluding tert-OH is 1. The van der Waals surface area contributed by atoms with Gasteiger partial charge in [0, 0.05) is 12.1 Å². The number of halogens is 1. The van der Waals surface area contributed by atoms with Gasteiger partial charge < -0.3 is 20.3 Å². The molecule has 0 spiro atoms. The first-order valence-electron chi connectivity index (χ1n) is 8.89. The summed E-state index contributed by atoms with van der Waals surface area (Å²) in [5.41, 5.74) is -1.22. The summed E-state index contributed by atoms with van der Waals surface area (Å²) in [4.78, 5) is 29.3. The van der Waals surface area contributed by atoms with Crippen molar-refractivity contribution >= 4 is 5.91 Å². The summed E-state index contributed by atoms with van der Waals surface area (Å²) >= 11 is 0.